The van der Waals surface area contributed by atoms with E-state index in [4.69, 9.17) is 4.74 Å². The Bertz CT molecular complexity index is 573. The number of nitrogens with one attached hydrogen (secondary N) is 3. The third-order valence-corrected chi connectivity index (χ3v) is 3.86. The molecule has 120 valence electrons. The molecule has 0 radical (unpaired) electrons. The maximum absolute atomic E-state index is 12.4. The number of halogens is 1. The molecule has 1 saturated heterocycles. The second-order valence-electron chi connectivity index (χ2n) is 5.43. The van der Waals surface area contributed by atoms with Gasteiger partial charge in [-0.15, -0.1) is 12.4 Å². The molecule has 1 aromatic rings. The highest BCUT2D eigenvalue weighted by atomic mass is 35.5. The number of para-hydroxylation sites is 1. The van der Waals surface area contributed by atoms with Gasteiger partial charge >= 0.3 is 0 Å². The monoisotopic (exact) mass is 325 g/mol. The largest absolute Gasteiger partial charge is 0.478 e. The van der Waals surface area contributed by atoms with Crippen LogP contribution in [0.25, 0.3) is 0 Å². The molecule has 2 aliphatic rings. The van der Waals surface area contributed by atoms with Crippen molar-refractivity contribution in [3.05, 3.63) is 23.8 Å². The number of anilines is 1. The molecule has 1 unspecified atom stereocenters. The van der Waals surface area contributed by atoms with Gasteiger partial charge in [0.1, 0.15) is 0 Å². The van der Waals surface area contributed by atoms with Gasteiger partial charge in [0.05, 0.1) is 11.3 Å². The first kappa shape index (κ1) is 16.6. The van der Waals surface area contributed by atoms with Crippen LogP contribution in [0.3, 0.4) is 0 Å². The van der Waals surface area contributed by atoms with Crippen LogP contribution in [0.2, 0.25) is 0 Å². The Morgan fingerprint density at radius 3 is 2.77 bits per heavy atom. The molecule has 2 heterocycles. The summed E-state index contributed by atoms with van der Waals surface area (Å²) in [6.07, 6.45) is 1.26. The zero-order valence-electron chi connectivity index (χ0n) is 12.3. The normalized spacial score (nSPS) is 21.0. The van der Waals surface area contributed by atoms with Gasteiger partial charge in [-0.25, -0.2) is 0 Å². The fraction of sp³-hybridized carbons (Fsp3) is 0.467. The van der Waals surface area contributed by atoms with Gasteiger partial charge in [0.15, 0.2) is 11.9 Å². The lowest BCUT2D eigenvalue weighted by Crippen LogP contribution is -2.43. The molecule has 1 fully saturated rings. The highest BCUT2D eigenvalue weighted by Gasteiger charge is 2.28. The highest BCUT2D eigenvalue weighted by molar-refractivity contribution is 6.04. The molecule has 0 spiro atoms. The van der Waals surface area contributed by atoms with Crippen LogP contribution in [0.5, 0.6) is 5.75 Å². The van der Waals surface area contributed by atoms with Crippen LogP contribution < -0.4 is 20.7 Å². The Morgan fingerprint density at radius 1 is 1.32 bits per heavy atom. The lowest BCUT2D eigenvalue weighted by molar-refractivity contribution is -0.122. The van der Waals surface area contributed by atoms with Crippen molar-refractivity contribution >= 4 is 29.9 Å². The van der Waals surface area contributed by atoms with E-state index in [0.29, 0.717) is 17.0 Å². The van der Waals surface area contributed by atoms with E-state index >= 15 is 0 Å². The van der Waals surface area contributed by atoms with E-state index in [-0.39, 0.29) is 30.3 Å². The molecule has 1 atom stereocenters. The molecule has 0 aromatic heterocycles. The van der Waals surface area contributed by atoms with E-state index in [9.17, 15) is 9.59 Å². The zero-order chi connectivity index (χ0) is 14.8. The molecule has 0 bridgehead atoms. The Morgan fingerprint density at radius 2 is 2.05 bits per heavy atom. The maximum Gasteiger partial charge on any atom is 0.265 e. The van der Waals surface area contributed by atoms with Crippen LogP contribution in [-0.4, -0.2) is 37.0 Å². The van der Waals surface area contributed by atoms with Crippen LogP contribution in [0.1, 0.15) is 30.1 Å². The quantitative estimate of drug-likeness (QED) is 0.766. The number of amides is 2. The molecule has 22 heavy (non-hydrogen) atoms. The number of hydrogen-bond acceptors (Lipinski definition) is 4. The molecule has 0 aliphatic carbocycles. The predicted molar refractivity (Wildman–Crippen MR) is 85.8 cm³/mol. The second kappa shape index (κ2) is 6.98. The number of ether oxygens (including phenoxy) is 1. The first-order valence-electron chi connectivity index (χ1n) is 7.27. The third kappa shape index (κ3) is 3.34. The number of hydrogen-bond donors (Lipinski definition) is 3. The van der Waals surface area contributed by atoms with E-state index in [1.165, 1.54) is 0 Å². The molecular formula is C15H20ClN3O3. The first-order chi connectivity index (χ1) is 10.1. The Labute approximate surface area is 135 Å². The first-order valence-corrected chi connectivity index (χ1v) is 7.27. The summed E-state index contributed by atoms with van der Waals surface area (Å²) in [5.74, 6) is 0.108. The summed E-state index contributed by atoms with van der Waals surface area (Å²) in [5, 5.41) is 9.06. The van der Waals surface area contributed by atoms with Gasteiger partial charge in [0, 0.05) is 6.04 Å². The summed E-state index contributed by atoms with van der Waals surface area (Å²) in [6.45, 7) is 3.50. The van der Waals surface area contributed by atoms with E-state index in [1.54, 1.807) is 25.1 Å². The molecule has 2 amide bonds. The van der Waals surface area contributed by atoms with Crippen molar-refractivity contribution in [2.24, 2.45) is 0 Å². The summed E-state index contributed by atoms with van der Waals surface area (Å²) in [5.41, 5.74) is 1.02. The van der Waals surface area contributed by atoms with Crippen LogP contribution in [0, 0.1) is 0 Å². The van der Waals surface area contributed by atoms with Gasteiger partial charge < -0.3 is 20.7 Å². The summed E-state index contributed by atoms with van der Waals surface area (Å²) in [6, 6.07) is 5.39. The Kier molecular flexibility index (Phi) is 5.26. The molecule has 2 aliphatic heterocycles. The lowest BCUT2D eigenvalue weighted by atomic mass is 10.0. The van der Waals surface area contributed by atoms with Crippen molar-refractivity contribution in [3.63, 3.8) is 0 Å². The van der Waals surface area contributed by atoms with Crippen molar-refractivity contribution in [2.45, 2.75) is 31.9 Å². The number of carbonyl (C=O) groups is 2. The number of fused-ring (bicyclic) bond motifs is 1. The van der Waals surface area contributed by atoms with Crippen molar-refractivity contribution < 1.29 is 14.3 Å². The van der Waals surface area contributed by atoms with Crippen molar-refractivity contribution in [1.29, 1.82) is 0 Å². The van der Waals surface area contributed by atoms with Gasteiger partial charge in [-0.1, -0.05) is 6.07 Å². The van der Waals surface area contributed by atoms with Crippen LogP contribution in [0.15, 0.2) is 18.2 Å². The van der Waals surface area contributed by atoms with Gasteiger partial charge in [0.25, 0.3) is 11.8 Å². The van der Waals surface area contributed by atoms with Crippen LogP contribution >= 0.6 is 12.4 Å². The molecular weight excluding hydrogens is 306 g/mol. The van der Waals surface area contributed by atoms with E-state index < -0.39 is 6.10 Å². The number of piperidine rings is 1. The van der Waals surface area contributed by atoms with Crippen molar-refractivity contribution in [1.82, 2.24) is 10.6 Å². The Balaban J connectivity index is 0.00000176. The van der Waals surface area contributed by atoms with Crippen LogP contribution in [-0.2, 0) is 4.79 Å². The SMILES string of the molecule is CC1Oc2c(cccc2C(=O)NC2CCNCC2)NC1=O.Cl. The van der Waals surface area contributed by atoms with E-state index in [1.807, 2.05) is 0 Å². The standard InChI is InChI=1S/C15H19N3O3.ClH/c1-9-14(19)18-12-4-2-3-11(13(12)21-9)15(20)17-10-5-7-16-8-6-10;/h2-4,9-10,16H,5-8H2,1H3,(H,17,20)(H,18,19);1H. The van der Waals surface area contributed by atoms with Gasteiger partial charge in [-0.05, 0) is 45.0 Å². The zero-order valence-corrected chi connectivity index (χ0v) is 13.2. The molecule has 6 nitrogen and oxygen atoms in total. The minimum Gasteiger partial charge on any atom is -0.478 e. The van der Waals surface area contributed by atoms with Crippen molar-refractivity contribution in [3.8, 4) is 5.75 Å². The smallest absolute Gasteiger partial charge is 0.265 e. The number of carbonyl (C=O) groups excluding carboxylic acids is 2. The second-order valence-corrected chi connectivity index (χ2v) is 5.43. The highest BCUT2D eigenvalue weighted by Crippen LogP contribution is 2.33. The fourth-order valence-electron chi connectivity index (χ4n) is 2.64. The average Bonchev–Trinajstić information content (AvgIpc) is 2.49. The average molecular weight is 326 g/mol. The van der Waals surface area contributed by atoms with Crippen molar-refractivity contribution in [2.75, 3.05) is 18.4 Å². The summed E-state index contributed by atoms with van der Waals surface area (Å²) < 4.78 is 5.60. The minimum atomic E-state index is -0.592. The summed E-state index contributed by atoms with van der Waals surface area (Å²) >= 11 is 0. The van der Waals surface area contributed by atoms with Gasteiger partial charge in [-0.2, -0.15) is 0 Å². The number of benzene rings is 1. The third-order valence-electron chi connectivity index (χ3n) is 3.86. The van der Waals surface area contributed by atoms with Gasteiger partial charge in [-0.3, -0.25) is 9.59 Å². The number of rotatable bonds is 2. The molecule has 3 N–H and O–H groups in total. The molecule has 0 saturated carbocycles. The predicted octanol–water partition coefficient (Wildman–Crippen LogP) is 1.31. The molecule has 1 aromatic carbocycles. The topological polar surface area (TPSA) is 79.5 Å². The minimum absolute atomic E-state index is 0. The molecule has 7 heteroatoms. The van der Waals surface area contributed by atoms with Gasteiger partial charge in [0.2, 0.25) is 0 Å². The van der Waals surface area contributed by atoms with E-state index in [2.05, 4.69) is 16.0 Å². The lowest BCUT2D eigenvalue weighted by Gasteiger charge is -2.27. The summed E-state index contributed by atoms with van der Waals surface area (Å²) in [4.78, 5) is 24.1. The fourth-order valence-corrected chi connectivity index (χ4v) is 2.64. The molecule has 3 rings (SSSR count). The maximum atomic E-state index is 12.4. The Hall–Kier alpha value is -1.79. The van der Waals surface area contributed by atoms with Crippen LogP contribution in [0.4, 0.5) is 5.69 Å². The van der Waals surface area contributed by atoms with E-state index in [0.717, 1.165) is 25.9 Å². The summed E-state index contributed by atoms with van der Waals surface area (Å²) in [7, 11) is 0.